The largest absolute Gasteiger partial charge is 0.368 e. The first-order valence-corrected chi connectivity index (χ1v) is 5.69. The van der Waals surface area contributed by atoms with Crippen molar-refractivity contribution in [3.8, 4) is 0 Å². The van der Waals surface area contributed by atoms with Gasteiger partial charge in [0.25, 0.3) is 5.91 Å². The van der Waals surface area contributed by atoms with Crippen molar-refractivity contribution in [1.29, 1.82) is 0 Å². The van der Waals surface area contributed by atoms with Gasteiger partial charge in [-0.2, -0.15) is 0 Å². The van der Waals surface area contributed by atoms with Gasteiger partial charge in [0.05, 0.1) is 5.56 Å². The fraction of sp³-hybridized carbons (Fsp3) is 0.417. The minimum atomic E-state index is -0.387. The number of rotatable bonds is 2. The van der Waals surface area contributed by atoms with Gasteiger partial charge in [0.15, 0.2) is 0 Å². The van der Waals surface area contributed by atoms with E-state index >= 15 is 0 Å². The topological polar surface area (TPSA) is 44.4 Å². The van der Waals surface area contributed by atoms with Crippen LogP contribution in [0.15, 0.2) is 18.2 Å². The molecule has 2 rings (SSSR count). The van der Waals surface area contributed by atoms with Crippen LogP contribution in [0.2, 0.25) is 0 Å². The van der Waals surface area contributed by atoms with Gasteiger partial charge >= 0.3 is 0 Å². The van der Waals surface area contributed by atoms with Crippen molar-refractivity contribution >= 4 is 36.4 Å². The van der Waals surface area contributed by atoms with Crippen LogP contribution < -0.4 is 15.5 Å². The number of benzene rings is 1. The molecule has 0 unspecified atom stereocenters. The molecule has 0 bridgehead atoms. The second-order valence-corrected chi connectivity index (χ2v) is 3.98. The van der Waals surface area contributed by atoms with E-state index in [-0.39, 0.29) is 36.5 Å². The van der Waals surface area contributed by atoms with Gasteiger partial charge in [-0.3, -0.25) is 4.79 Å². The highest BCUT2D eigenvalue weighted by molar-refractivity contribution is 5.99. The maximum atomic E-state index is 13.2. The van der Waals surface area contributed by atoms with E-state index in [2.05, 4.69) is 15.5 Å². The van der Waals surface area contributed by atoms with Gasteiger partial charge in [0.1, 0.15) is 5.82 Å². The van der Waals surface area contributed by atoms with E-state index < -0.39 is 0 Å². The molecule has 1 heterocycles. The molecule has 0 atom stereocenters. The third-order valence-electron chi connectivity index (χ3n) is 2.89. The summed E-state index contributed by atoms with van der Waals surface area (Å²) in [7, 11) is 1.55. The number of hydrogen-bond donors (Lipinski definition) is 2. The van der Waals surface area contributed by atoms with Crippen LogP contribution in [0.1, 0.15) is 10.4 Å². The van der Waals surface area contributed by atoms with Gasteiger partial charge in [0.2, 0.25) is 0 Å². The number of carbonyl (C=O) groups is 1. The zero-order valence-electron chi connectivity index (χ0n) is 10.6. The minimum absolute atomic E-state index is 0. The van der Waals surface area contributed by atoms with E-state index in [0.717, 1.165) is 31.9 Å². The van der Waals surface area contributed by atoms with E-state index in [0.29, 0.717) is 5.56 Å². The smallest absolute Gasteiger partial charge is 0.253 e. The van der Waals surface area contributed by atoms with Crippen LogP contribution in [-0.2, 0) is 0 Å². The first-order valence-electron chi connectivity index (χ1n) is 5.69. The Labute approximate surface area is 124 Å². The van der Waals surface area contributed by atoms with Crippen LogP contribution in [0.5, 0.6) is 0 Å². The number of nitrogens with zero attached hydrogens (tertiary/aromatic N) is 1. The van der Waals surface area contributed by atoms with Crippen molar-refractivity contribution < 1.29 is 9.18 Å². The Balaban J connectivity index is 0.00000162. The molecule has 1 amide bonds. The summed E-state index contributed by atoms with van der Waals surface area (Å²) in [6.45, 7) is 3.42. The quantitative estimate of drug-likeness (QED) is 0.869. The molecule has 1 aliphatic rings. The zero-order chi connectivity index (χ0) is 12.3. The summed E-state index contributed by atoms with van der Waals surface area (Å²) in [6.07, 6.45) is 0. The van der Waals surface area contributed by atoms with Gasteiger partial charge in [-0.25, -0.2) is 4.39 Å². The lowest BCUT2D eigenvalue weighted by molar-refractivity contribution is 0.0963. The molecule has 7 heteroatoms. The monoisotopic (exact) mass is 309 g/mol. The molecule has 1 fully saturated rings. The molecule has 0 spiro atoms. The van der Waals surface area contributed by atoms with Crippen molar-refractivity contribution in [1.82, 2.24) is 10.6 Å². The van der Waals surface area contributed by atoms with Crippen LogP contribution in [0, 0.1) is 5.82 Å². The van der Waals surface area contributed by atoms with Crippen molar-refractivity contribution in [2.45, 2.75) is 0 Å². The summed E-state index contributed by atoms with van der Waals surface area (Å²) in [6, 6.07) is 4.35. The van der Waals surface area contributed by atoms with Crippen LogP contribution in [0.4, 0.5) is 10.1 Å². The molecule has 0 radical (unpaired) electrons. The number of halogens is 3. The van der Waals surface area contributed by atoms with Gasteiger partial charge in [-0.15, -0.1) is 24.8 Å². The third-order valence-corrected chi connectivity index (χ3v) is 2.89. The summed E-state index contributed by atoms with van der Waals surface area (Å²) >= 11 is 0. The van der Waals surface area contributed by atoms with E-state index in [1.807, 2.05) is 0 Å². The van der Waals surface area contributed by atoms with E-state index in [4.69, 9.17) is 0 Å². The average molecular weight is 310 g/mol. The molecule has 4 nitrogen and oxygen atoms in total. The molecule has 1 aromatic carbocycles. The van der Waals surface area contributed by atoms with Gasteiger partial charge in [-0.05, 0) is 18.2 Å². The average Bonchev–Trinajstić information content (AvgIpc) is 2.38. The molecule has 1 aliphatic heterocycles. The number of hydrogen-bond acceptors (Lipinski definition) is 3. The number of carbonyl (C=O) groups excluding carboxylic acids is 1. The lowest BCUT2D eigenvalue weighted by Crippen LogP contribution is -2.44. The SMILES string of the molecule is CNC(=O)c1cc(F)ccc1N1CCNCC1.Cl.Cl. The number of anilines is 1. The van der Waals surface area contributed by atoms with E-state index in [1.54, 1.807) is 13.1 Å². The van der Waals surface area contributed by atoms with Crippen molar-refractivity contribution in [3.63, 3.8) is 0 Å². The zero-order valence-corrected chi connectivity index (χ0v) is 12.2. The normalized spacial score (nSPS) is 14.1. The fourth-order valence-electron chi connectivity index (χ4n) is 2.01. The number of amides is 1. The molecule has 1 aromatic rings. The van der Waals surface area contributed by atoms with Crippen LogP contribution >= 0.6 is 24.8 Å². The Morgan fingerprint density at radius 3 is 2.53 bits per heavy atom. The Morgan fingerprint density at radius 2 is 1.95 bits per heavy atom. The molecule has 2 N–H and O–H groups in total. The molecular weight excluding hydrogens is 292 g/mol. The second kappa shape index (κ2) is 8.19. The fourth-order valence-corrected chi connectivity index (χ4v) is 2.01. The number of nitrogens with one attached hydrogen (secondary N) is 2. The van der Waals surface area contributed by atoms with Crippen LogP contribution in [0.25, 0.3) is 0 Å². The first-order chi connectivity index (χ1) is 8.22. The maximum absolute atomic E-state index is 13.2. The minimum Gasteiger partial charge on any atom is -0.368 e. The lowest BCUT2D eigenvalue weighted by Gasteiger charge is -2.30. The van der Waals surface area contributed by atoms with E-state index in [1.165, 1.54) is 12.1 Å². The Kier molecular flexibility index (Phi) is 7.75. The predicted molar refractivity (Wildman–Crippen MR) is 79.4 cm³/mol. The molecule has 0 saturated carbocycles. The summed E-state index contributed by atoms with van der Waals surface area (Å²) < 4.78 is 13.2. The van der Waals surface area contributed by atoms with Gasteiger partial charge in [0, 0.05) is 38.9 Å². The third kappa shape index (κ3) is 4.23. The van der Waals surface area contributed by atoms with Gasteiger partial charge < -0.3 is 15.5 Å². The molecular formula is C12H18Cl2FN3O. The Hall–Kier alpha value is -1.04. The van der Waals surface area contributed by atoms with Crippen molar-refractivity contribution in [3.05, 3.63) is 29.6 Å². The molecule has 108 valence electrons. The number of piperazine rings is 1. The highest BCUT2D eigenvalue weighted by atomic mass is 35.5. The highest BCUT2D eigenvalue weighted by Crippen LogP contribution is 2.22. The lowest BCUT2D eigenvalue weighted by atomic mass is 10.1. The van der Waals surface area contributed by atoms with Crippen molar-refractivity contribution in [2.75, 3.05) is 38.1 Å². The van der Waals surface area contributed by atoms with Crippen LogP contribution in [0.3, 0.4) is 0 Å². The Morgan fingerprint density at radius 1 is 1.32 bits per heavy atom. The maximum Gasteiger partial charge on any atom is 0.253 e. The molecule has 1 saturated heterocycles. The summed E-state index contributed by atoms with van der Waals surface area (Å²) in [5.41, 5.74) is 1.20. The van der Waals surface area contributed by atoms with Crippen molar-refractivity contribution in [2.24, 2.45) is 0 Å². The Bertz CT molecular complexity index is 425. The summed E-state index contributed by atoms with van der Waals surface area (Å²) in [5.74, 6) is -0.638. The van der Waals surface area contributed by atoms with Gasteiger partial charge in [-0.1, -0.05) is 0 Å². The second-order valence-electron chi connectivity index (χ2n) is 3.98. The highest BCUT2D eigenvalue weighted by Gasteiger charge is 2.18. The predicted octanol–water partition coefficient (Wildman–Crippen LogP) is 1.44. The summed E-state index contributed by atoms with van der Waals surface area (Å²) in [5, 5.41) is 5.78. The first kappa shape index (κ1) is 18.0. The molecule has 0 aliphatic carbocycles. The standard InChI is InChI=1S/C12H16FN3O.2ClH/c1-14-12(17)10-8-9(13)2-3-11(10)16-6-4-15-5-7-16;;/h2-3,8,15H,4-7H2,1H3,(H,14,17);2*1H. The van der Waals surface area contributed by atoms with Crippen LogP contribution in [-0.4, -0.2) is 39.1 Å². The van der Waals surface area contributed by atoms with E-state index in [9.17, 15) is 9.18 Å². The molecule has 19 heavy (non-hydrogen) atoms. The summed E-state index contributed by atoms with van der Waals surface area (Å²) in [4.78, 5) is 13.8. The molecule has 0 aromatic heterocycles.